The lowest BCUT2D eigenvalue weighted by atomic mass is 9.83. The number of rotatable bonds is 6. The van der Waals surface area contributed by atoms with Crippen LogP contribution in [0.2, 0.25) is 0 Å². The first-order valence-corrected chi connectivity index (χ1v) is 8.39. The van der Waals surface area contributed by atoms with Gasteiger partial charge in [0.25, 0.3) is 5.69 Å². The highest BCUT2D eigenvalue weighted by Crippen LogP contribution is 2.47. The number of hydrogen-bond acceptors (Lipinski definition) is 7. The second kappa shape index (κ2) is 7.63. The molecule has 0 fully saturated rings. The van der Waals surface area contributed by atoms with Gasteiger partial charge in [-0.2, -0.15) is 0 Å². The fourth-order valence-electron chi connectivity index (χ4n) is 3.39. The van der Waals surface area contributed by atoms with E-state index in [1.807, 2.05) is 0 Å². The van der Waals surface area contributed by atoms with Gasteiger partial charge in [0.15, 0.2) is 23.0 Å². The van der Waals surface area contributed by atoms with Crippen LogP contribution in [0.15, 0.2) is 24.3 Å². The van der Waals surface area contributed by atoms with Crippen molar-refractivity contribution in [2.24, 2.45) is 0 Å². The normalized spacial score (nSPS) is 15.3. The van der Waals surface area contributed by atoms with Crippen molar-refractivity contribution in [1.82, 2.24) is 0 Å². The van der Waals surface area contributed by atoms with Crippen molar-refractivity contribution in [2.45, 2.75) is 12.3 Å². The second-order valence-electron chi connectivity index (χ2n) is 6.12. The number of ether oxygens (including phenoxy) is 4. The van der Waals surface area contributed by atoms with Crippen LogP contribution in [0.3, 0.4) is 0 Å². The molecule has 0 bridgehead atoms. The maximum Gasteiger partial charge on any atom is 0.277 e. The van der Waals surface area contributed by atoms with E-state index in [0.717, 1.165) is 0 Å². The van der Waals surface area contributed by atoms with Crippen LogP contribution in [0.1, 0.15) is 23.5 Å². The molecule has 1 N–H and O–H groups in total. The first-order chi connectivity index (χ1) is 13.4. The summed E-state index contributed by atoms with van der Waals surface area (Å²) >= 11 is 0. The number of nitrogens with zero attached hydrogens (tertiary/aromatic N) is 1. The molecule has 28 heavy (non-hydrogen) atoms. The van der Waals surface area contributed by atoms with Gasteiger partial charge in [0.05, 0.1) is 39.4 Å². The smallest absolute Gasteiger partial charge is 0.277 e. The Morgan fingerprint density at radius 3 is 1.93 bits per heavy atom. The number of amides is 1. The number of nitro groups is 1. The number of hydrogen-bond donors (Lipinski definition) is 1. The number of nitro benzene ring substituents is 1. The Morgan fingerprint density at radius 1 is 0.893 bits per heavy atom. The molecule has 9 nitrogen and oxygen atoms in total. The average Bonchev–Trinajstić information content (AvgIpc) is 2.70. The fraction of sp³-hybridized carbons (Fsp3) is 0.316. The summed E-state index contributed by atoms with van der Waals surface area (Å²) in [4.78, 5) is 23.5. The van der Waals surface area contributed by atoms with Crippen LogP contribution in [0.4, 0.5) is 11.4 Å². The summed E-state index contributed by atoms with van der Waals surface area (Å²) in [6.45, 7) is 0. The van der Waals surface area contributed by atoms with E-state index in [1.54, 1.807) is 18.2 Å². The Morgan fingerprint density at radius 2 is 1.39 bits per heavy atom. The Labute approximate surface area is 161 Å². The molecule has 1 aliphatic rings. The molecule has 1 aliphatic heterocycles. The van der Waals surface area contributed by atoms with Crippen molar-refractivity contribution >= 4 is 17.3 Å². The molecule has 0 radical (unpaired) electrons. The fourth-order valence-corrected chi connectivity index (χ4v) is 3.39. The third-order valence-corrected chi connectivity index (χ3v) is 4.70. The molecule has 0 aliphatic carbocycles. The van der Waals surface area contributed by atoms with Gasteiger partial charge in [0.1, 0.15) is 0 Å². The van der Waals surface area contributed by atoms with E-state index < -0.39 is 10.8 Å². The summed E-state index contributed by atoms with van der Waals surface area (Å²) in [7, 11) is 5.84. The molecule has 148 valence electrons. The zero-order valence-electron chi connectivity index (χ0n) is 15.9. The minimum atomic E-state index is -0.566. The minimum Gasteiger partial charge on any atom is -0.493 e. The molecule has 1 amide bonds. The zero-order chi connectivity index (χ0) is 20.4. The molecule has 0 spiro atoms. The maximum atomic E-state index is 12.3. The van der Waals surface area contributed by atoms with Crippen molar-refractivity contribution in [3.63, 3.8) is 0 Å². The summed E-state index contributed by atoms with van der Waals surface area (Å²) in [5.41, 5.74) is 1.40. The Kier molecular flexibility index (Phi) is 5.25. The van der Waals surface area contributed by atoms with Gasteiger partial charge in [-0.15, -0.1) is 0 Å². The average molecular weight is 388 g/mol. The zero-order valence-corrected chi connectivity index (χ0v) is 15.9. The molecule has 3 rings (SSSR count). The van der Waals surface area contributed by atoms with Gasteiger partial charge in [0.2, 0.25) is 5.91 Å². The molecule has 1 heterocycles. The van der Waals surface area contributed by atoms with E-state index >= 15 is 0 Å². The highest BCUT2D eigenvalue weighted by atomic mass is 16.6. The third-order valence-electron chi connectivity index (χ3n) is 4.70. The van der Waals surface area contributed by atoms with Gasteiger partial charge < -0.3 is 24.3 Å². The quantitative estimate of drug-likeness (QED) is 0.598. The highest BCUT2D eigenvalue weighted by Gasteiger charge is 2.34. The molecule has 2 aromatic carbocycles. The van der Waals surface area contributed by atoms with Crippen LogP contribution in [0, 0.1) is 10.1 Å². The standard InChI is InChI=1S/C19H20N2O7/c1-25-15-5-11-10(7-19(22)20-13(11)8-17(15)27-3)12-6-16(26-2)18(28-4)9-14(12)21(23)24/h5-6,8-10H,7H2,1-4H3,(H,20,22)/t10-/m0/s1. The van der Waals surface area contributed by atoms with Crippen LogP contribution in [-0.4, -0.2) is 39.3 Å². The number of carbonyl (C=O) groups is 1. The van der Waals surface area contributed by atoms with Crippen molar-refractivity contribution < 1.29 is 28.7 Å². The summed E-state index contributed by atoms with van der Waals surface area (Å²) in [5.74, 6) is 0.675. The predicted molar refractivity (Wildman–Crippen MR) is 101 cm³/mol. The van der Waals surface area contributed by atoms with Crippen LogP contribution in [0.25, 0.3) is 0 Å². The summed E-state index contributed by atoms with van der Waals surface area (Å²) in [5, 5.41) is 14.5. The topological polar surface area (TPSA) is 109 Å². The van der Waals surface area contributed by atoms with Crippen molar-refractivity contribution in [3.05, 3.63) is 45.5 Å². The summed E-state index contributed by atoms with van der Waals surface area (Å²) in [6, 6.07) is 6.21. The second-order valence-corrected chi connectivity index (χ2v) is 6.12. The minimum absolute atomic E-state index is 0.0405. The van der Waals surface area contributed by atoms with Gasteiger partial charge in [-0.25, -0.2) is 0 Å². The summed E-state index contributed by atoms with van der Waals surface area (Å²) in [6.07, 6.45) is 0.0405. The molecule has 2 aromatic rings. The van der Waals surface area contributed by atoms with E-state index in [9.17, 15) is 14.9 Å². The number of carbonyl (C=O) groups excluding carboxylic acids is 1. The molecule has 1 atom stereocenters. The molecule has 0 unspecified atom stereocenters. The number of nitrogens with one attached hydrogen (secondary N) is 1. The van der Waals surface area contributed by atoms with Crippen molar-refractivity contribution in [2.75, 3.05) is 33.8 Å². The van der Waals surface area contributed by atoms with E-state index in [1.165, 1.54) is 34.5 Å². The van der Waals surface area contributed by atoms with E-state index in [2.05, 4.69) is 5.32 Å². The lowest BCUT2D eigenvalue weighted by Crippen LogP contribution is -2.24. The Bertz CT molecular complexity index is 942. The van der Waals surface area contributed by atoms with E-state index in [0.29, 0.717) is 34.1 Å². The lowest BCUT2D eigenvalue weighted by Gasteiger charge is -2.27. The van der Waals surface area contributed by atoms with Gasteiger partial charge in [-0.05, 0) is 17.7 Å². The Hall–Kier alpha value is -3.49. The molecule has 0 aromatic heterocycles. The van der Waals surface area contributed by atoms with Crippen molar-refractivity contribution in [3.8, 4) is 23.0 Å². The molecule has 0 saturated heterocycles. The molecule has 0 saturated carbocycles. The Balaban J connectivity index is 2.25. The van der Waals surface area contributed by atoms with Crippen molar-refractivity contribution in [1.29, 1.82) is 0 Å². The van der Waals surface area contributed by atoms with E-state index in [4.69, 9.17) is 18.9 Å². The molecule has 9 heteroatoms. The molecular weight excluding hydrogens is 368 g/mol. The number of anilines is 1. The van der Waals surface area contributed by atoms with Crippen LogP contribution in [-0.2, 0) is 4.79 Å². The highest BCUT2D eigenvalue weighted by molar-refractivity contribution is 5.96. The monoisotopic (exact) mass is 388 g/mol. The van der Waals surface area contributed by atoms with Crippen LogP contribution >= 0.6 is 0 Å². The number of methoxy groups -OCH3 is 4. The maximum absolute atomic E-state index is 12.3. The number of benzene rings is 2. The van der Waals surface area contributed by atoms with Gasteiger partial charge in [-0.1, -0.05) is 0 Å². The van der Waals surface area contributed by atoms with E-state index in [-0.39, 0.29) is 23.8 Å². The summed E-state index contributed by atoms with van der Waals surface area (Å²) < 4.78 is 21.1. The SMILES string of the molecule is COc1cc2c(cc1OC)[C@@H](c1cc(OC)c(OC)cc1[N+](=O)[O-])CC(=O)N2. The largest absolute Gasteiger partial charge is 0.493 e. The predicted octanol–water partition coefficient (Wildman–Crippen LogP) is 3.10. The van der Waals surface area contributed by atoms with Crippen LogP contribution in [0.5, 0.6) is 23.0 Å². The lowest BCUT2D eigenvalue weighted by molar-refractivity contribution is -0.385. The van der Waals surface area contributed by atoms with Gasteiger partial charge in [0, 0.05) is 29.7 Å². The first kappa shape index (κ1) is 19.3. The number of fused-ring (bicyclic) bond motifs is 1. The van der Waals surface area contributed by atoms with Gasteiger partial charge >= 0.3 is 0 Å². The van der Waals surface area contributed by atoms with Crippen LogP contribution < -0.4 is 24.3 Å². The third kappa shape index (κ3) is 3.26. The molecular formula is C19H20N2O7. The van der Waals surface area contributed by atoms with Gasteiger partial charge in [-0.3, -0.25) is 14.9 Å². The first-order valence-electron chi connectivity index (χ1n) is 8.39.